The van der Waals surface area contributed by atoms with Crippen LogP contribution in [0.5, 0.6) is 0 Å². The Morgan fingerprint density at radius 1 is 1.15 bits per heavy atom. The number of carbonyl (C=O) groups excluding carboxylic acids is 2. The molecule has 0 aromatic heterocycles. The second-order valence-electron chi connectivity index (χ2n) is 8.52. The molecule has 4 aliphatic carbocycles. The lowest BCUT2D eigenvalue weighted by Crippen LogP contribution is -2.57. The van der Waals surface area contributed by atoms with E-state index in [2.05, 4.69) is 6.58 Å². The van der Waals surface area contributed by atoms with Crippen LogP contribution in [-0.4, -0.2) is 43.9 Å². The summed E-state index contributed by atoms with van der Waals surface area (Å²) in [4.78, 5) is 24.5. The van der Waals surface area contributed by atoms with Crippen molar-refractivity contribution in [3.8, 4) is 0 Å². The normalized spacial score (nSPS) is 35.2. The van der Waals surface area contributed by atoms with E-state index in [9.17, 15) is 18.0 Å². The first-order chi connectivity index (χ1) is 12.0. The van der Waals surface area contributed by atoms with Crippen LogP contribution in [0.25, 0.3) is 0 Å². The van der Waals surface area contributed by atoms with Gasteiger partial charge < -0.3 is 9.47 Å². The minimum Gasteiger partial charge on any atom is -0.464 e. The number of ether oxygens (including phenoxy) is 2. The van der Waals surface area contributed by atoms with Crippen LogP contribution in [0.1, 0.15) is 45.4 Å². The molecule has 2 atom stereocenters. The van der Waals surface area contributed by atoms with Crippen LogP contribution in [0, 0.1) is 22.7 Å². The van der Waals surface area contributed by atoms with Crippen molar-refractivity contribution < 1.29 is 32.0 Å². The van der Waals surface area contributed by atoms with Crippen molar-refractivity contribution in [2.24, 2.45) is 22.7 Å². The highest BCUT2D eigenvalue weighted by molar-refractivity contribution is 7.85. The first-order valence-electron chi connectivity index (χ1n) is 8.98. The maximum absolute atomic E-state index is 12.8. The van der Waals surface area contributed by atoms with Gasteiger partial charge in [-0.15, -0.1) is 0 Å². The Kier molecular flexibility index (Phi) is 4.94. The van der Waals surface area contributed by atoms with Crippen LogP contribution in [0.4, 0.5) is 0 Å². The summed E-state index contributed by atoms with van der Waals surface area (Å²) < 4.78 is 41.1. The quantitative estimate of drug-likeness (QED) is 0.406. The summed E-state index contributed by atoms with van der Waals surface area (Å²) in [6, 6.07) is 0. The summed E-state index contributed by atoms with van der Waals surface area (Å²) in [7, 11) is -4.16. The van der Waals surface area contributed by atoms with Crippen LogP contribution >= 0.6 is 0 Å². The van der Waals surface area contributed by atoms with Crippen molar-refractivity contribution in [3.63, 3.8) is 0 Å². The molecule has 146 valence electrons. The lowest BCUT2D eigenvalue weighted by molar-refractivity contribution is -0.187. The number of carbonyl (C=O) groups is 2. The molecule has 8 heteroatoms. The lowest BCUT2D eigenvalue weighted by atomic mass is 9.44. The molecule has 0 heterocycles. The summed E-state index contributed by atoms with van der Waals surface area (Å²) in [6.45, 7) is 5.15. The molecule has 4 rings (SSSR count). The maximum Gasteiger partial charge on any atom is 0.333 e. The average Bonchev–Trinajstić information content (AvgIpc) is 2.50. The van der Waals surface area contributed by atoms with Gasteiger partial charge in [0.1, 0.15) is 12.4 Å². The fourth-order valence-electron chi connectivity index (χ4n) is 5.59. The van der Waals surface area contributed by atoms with Gasteiger partial charge in [-0.25, -0.2) is 4.79 Å². The van der Waals surface area contributed by atoms with E-state index in [0.717, 1.165) is 32.1 Å². The van der Waals surface area contributed by atoms with E-state index >= 15 is 0 Å². The van der Waals surface area contributed by atoms with Gasteiger partial charge in [-0.1, -0.05) is 6.58 Å². The molecule has 1 N–H and O–H groups in total. The highest BCUT2D eigenvalue weighted by Gasteiger charge is 2.61. The summed E-state index contributed by atoms with van der Waals surface area (Å²) >= 11 is 0. The van der Waals surface area contributed by atoms with E-state index in [4.69, 9.17) is 14.0 Å². The topological polar surface area (TPSA) is 107 Å². The van der Waals surface area contributed by atoms with Crippen molar-refractivity contribution in [2.75, 3.05) is 19.0 Å². The predicted molar refractivity (Wildman–Crippen MR) is 92.7 cm³/mol. The number of hydrogen-bond acceptors (Lipinski definition) is 6. The average molecular weight is 386 g/mol. The minimum atomic E-state index is -4.16. The van der Waals surface area contributed by atoms with Gasteiger partial charge in [0, 0.05) is 11.0 Å². The van der Waals surface area contributed by atoms with Crippen LogP contribution < -0.4 is 0 Å². The Bertz CT molecular complexity index is 710. The third-order valence-electron chi connectivity index (χ3n) is 6.05. The van der Waals surface area contributed by atoms with Crippen molar-refractivity contribution >= 4 is 22.1 Å². The van der Waals surface area contributed by atoms with Crippen LogP contribution in [-0.2, 0) is 29.2 Å². The fourth-order valence-corrected chi connectivity index (χ4v) is 5.89. The number of rotatable bonds is 7. The smallest absolute Gasteiger partial charge is 0.333 e. The molecule has 2 unspecified atom stereocenters. The Morgan fingerprint density at radius 3 is 2.31 bits per heavy atom. The molecule has 4 fully saturated rings. The highest BCUT2D eigenvalue weighted by Crippen LogP contribution is 2.65. The van der Waals surface area contributed by atoms with Gasteiger partial charge in [-0.2, -0.15) is 8.42 Å². The van der Waals surface area contributed by atoms with Gasteiger partial charge in [0.2, 0.25) is 0 Å². The molecule has 0 aliphatic heterocycles. The third-order valence-corrected chi connectivity index (χ3v) is 6.73. The van der Waals surface area contributed by atoms with Crippen molar-refractivity contribution in [3.05, 3.63) is 12.2 Å². The Morgan fingerprint density at radius 2 is 1.77 bits per heavy atom. The second kappa shape index (κ2) is 6.64. The van der Waals surface area contributed by atoms with E-state index in [-0.39, 0.29) is 24.6 Å². The molecule has 4 saturated carbocycles. The van der Waals surface area contributed by atoms with E-state index in [1.165, 1.54) is 0 Å². The van der Waals surface area contributed by atoms with Gasteiger partial charge >= 0.3 is 11.9 Å². The molecule has 0 aromatic rings. The van der Waals surface area contributed by atoms with Crippen LogP contribution in [0.3, 0.4) is 0 Å². The van der Waals surface area contributed by atoms with Gasteiger partial charge in [-0.05, 0) is 57.3 Å². The van der Waals surface area contributed by atoms with Gasteiger partial charge in [-0.3, -0.25) is 9.35 Å². The van der Waals surface area contributed by atoms with E-state index in [1.807, 2.05) is 0 Å². The van der Waals surface area contributed by atoms with Gasteiger partial charge in [0.25, 0.3) is 10.1 Å². The Balaban J connectivity index is 1.69. The van der Waals surface area contributed by atoms with E-state index in [0.29, 0.717) is 23.8 Å². The van der Waals surface area contributed by atoms with Gasteiger partial charge in [0.05, 0.1) is 12.0 Å². The summed E-state index contributed by atoms with van der Waals surface area (Å²) in [5.41, 5.74) is -0.481. The zero-order valence-electron chi connectivity index (χ0n) is 15.0. The van der Waals surface area contributed by atoms with Crippen LogP contribution in [0.2, 0.25) is 0 Å². The molecular formula is C18H26O7S. The molecule has 0 amide bonds. The lowest BCUT2D eigenvalue weighted by Gasteiger charge is -2.60. The van der Waals surface area contributed by atoms with Crippen molar-refractivity contribution in [1.29, 1.82) is 0 Å². The molecule has 0 radical (unpaired) electrons. The SMILES string of the molecule is C=C(C)C(=O)OCC12CC3CC(C1)CC(C(=O)OCCS(=O)(=O)O)(C3)C2. The third kappa shape index (κ3) is 3.96. The molecule has 26 heavy (non-hydrogen) atoms. The molecule has 4 bridgehead atoms. The Labute approximate surface area is 153 Å². The van der Waals surface area contributed by atoms with E-state index < -0.39 is 27.3 Å². The molecule has 0 aromatic carbocycles. The summed E-state index contributed by atoms with van der Waals surface area (Å²) in [5.74, 6) is -0.595. The monoisotopic (exact) mass is 386 g/mol. The number of hydrogen-bond donors (Lipinski definition) is 1. The first-order valence-corrected chi connectivity index (χ1v) is 10.6. The minimum absolute atomic E-state index is 0.211. The zero-order chi connectivity index (χ0) is 19.2. The highest BCUT2D eigenvalue weighted by atomic mass is 32.2. The summed E-state index contributed by atoms with van der Waals surface area (Å²) in [5, 5.41) is 0. The molecule has 4 aliphatic rings. The fraction of sp³-hybridized carbons (Fsp3) is 0.778. The van der Waals surface area contributed by atoms with Crippen molar-refractivity contribution in [1.82, 2.24) is 0 Å². The van der Waals surface area contributed by atoms with Crippen LogP contribution in [0.15, 0.2) is 12.2 Å². The summed E-state index contributed by atoms with van der Waals surface area (Å²) in [6.07, 6.45) is 5.03. The molecule has 0 spiro atoms. The Hall–Kier alpha value is -1.41. The second-order valence-corrected chi connectivity index (χ2v) is 10.1. The standard InChI is InChI=1S/C18H26O7S/c1-12(2)15(19)25-11-17-6-13-5-14(7-17)9-18(8-13,10-17)16(20)24-3-4-26(21,22)23/h13-14H,1,3-11H2,2H3,(H,21,22,23). The zero-order valence-corrected chi connectivity index (χ0v) is 15.8. The van der Waals surface area contributed by atoms with Crippen molar-refractivity contribution in [2.45, 2.75) is 45.4 Å². The predicted octanol–water partition coefficient (Wildman–Crippen LogP) is 2.12. The molecule has 7 nitrogen and oxygen atoms in total. The molecule has 0 saturated heterocycles. The largest absolute Gasteiger partial charge is 0.464 e. The first kappa shape index (κ1) is 19.4. The molecular weight excluding hydrogens is 360 g/mol. The maximum atomic E-state index is 12.8. The van der Waals surface area contributed by atoms with Gasteiger partial charge in [0.15, 0.2) is 0 Å². The van der Waals surface area contributed by atoms with E-state index in [1.54, 1.807) is 6.92 Å². The number of esters is 2.